The molecule has 2 atom stereocenters. The van der Waals surface area contributed by atoms with Crippen molar-refractivity contribution in [1.82, 2.24) is 0 Å². The second-order valence-corrected chi connectivity index (χ2v) is 12.3. The highest BCUT2D eigenvalue weighted by Gasteiger charge is 2.32. The maximum Gasteiger partial charge on any atom is 0.166 e. The summed E-state index contributed by atoms with van der Waals surface area (Å²) in [5.41, 5.74) is 1.81. The Hall–Kier alpha value is -1.74. The largest absolute Gasteiger partial charge is 0.368 e. The summed E-state index contributed by atoms with van der Waals surface area (Å²) in [5, 5.41) is 0. The Bertz CT molecular complexity index is 958. The Morgan fingerprint density at radius 2 is 1.54 bits per heavy atom. The van der Waals surface area contributed by atoms with Crippen molar-refractivity contribution in [1.29, 1.82) is 0 Å². The second kappa shape index (κ2) is 12.9. The zero-order valence-corrected chi connectivity index (χ0v) is 22.6. The third-order valence-electron chi connectivity index (χ3n) is 9.96. The Kier molecular flexibility index (Phi) is 9.34. The maximum atomic E-state index is 14.7. The Morgan fingerprint density at radius 3 is 2.19 bits per heavy atom. The van der Waals surface area contributed by atoms with E-state index in [-0.39, 0.29) is 6.10 Å². The van der Waals surface area contributed by atoms with E-state index in [1.807, 2.05) is 6.08 Å². The first-order valence-electron chi connectivity index (χ1n) is 15.2. The van der Waals surface area contributed by atoms with Crippen LogP contribution in [0.15, 0.2) is 43.0 Å². The van der Waals surface area contributed by atoms with Crippen molar-refractivity contribution in [2.24, 2.45) is 29.6 Å². The lowest BCUT2D eigenvalue weighted by Crippen LogP contribution is -2.25. The fraction of sp³-hybridized carbons (Fsp3) is 0.647. The van der Waals surface area contributed by atoms with Gasteiger partial charge < -0.3 is 4.74 Å². The van der Waals surface area contributed by atoms with Crippen LogP contribution in [0.25, 0.3) is 5.57 Å². The smallest absolute Gasteiger partial charge is 0.166 e. The number of halogens is 2. The molecule has 0 amide bonds. The van der Waals surface area contributed by atoms with Gasteiger partial charge in [0.15, 0.2) is 11.6 Å². The van der Waals surface area contributed by atoms with E-state index in [9.17, 15) is 8.78 Å². The van der Waals surface area contributed by atoms with Crippen LogP contribution < -0.4 is 0 Å². The number of benzene rings is 1. The van der Waals surface area contributed by atoms with Crippen molar-refractivity contribution < 1.29 is 13.5 Å². The van der Waals surface area contributed by atoms with Gasteiger partial charge in [0.25, 0.3) is 0 Å². The number of rotatable bonds is 10. The van der Waals surface area contributed by atoms with E-state index in [0.29, 0.717) is 23.7 Å². The molecule has 1 nitrogen and oxygen atoms in total. The summed E-state index contributed by atoms with van der Waals surface area (Å²) in [6, 6.07) is 3.47. The molecule has 0 spiro atoms. The van der Waals surface area contributed by atoms with E-state index in [1.165, 1.54) is 64.2 Å². The number of hydrogen-bond donors (Lipinski definition) is 0. The number of hydrogen-bond acceptors (Lipinski definition) is 1. The number of ether oxygens (including phenoxy) is 1. The van der Waals surface area contributed by atoms with Crippen LogP contribution >= 0.6 is 0 Å². The zero-order valence-electron chi connectivity index (χ0n) is 22.6. The van der Waals surface area contributed by atoms with Crippen LogP contribution in [-0.2, 0) is 4.74 Å². The molecule has 2 unspecified atom stereocenters. The van der Waals surface area contributed by atoms with E-state index < -0.39 is 11.6 Å². The zero-order chi connectivity index (χ0) is 25.6. The van der Waals surface area contributed by atoms with Crippen molar-refractivity contribution in [3.05, 3.63) is 65.8 Å². The maximum absolute atomic E-state index is 14.7. The van der Waals surface area contributed by atoms with Crippen LogP contribution in [0.4, 0.5) is 8.78 Å². The molecule has 1 aromatic rings. The van der Waals surface area contributed by atoms with Gasteiger partial charge in [-0.3, -0.25) is 0 Å². The first-order chi connectivity index (χ1) is 18.1. The molecule has 202 valence electrons. The lowest BCUT2D eigenvalue weighted by atomic mass is 9.68. The Balaban J connectivity index is 1.01. The van der Waals surface area contributed by atoms with Gasteiger partial charge in [-0.15, -0.1) is 6.58 Å². The first-order valence-corrected chi connectivity index (χ1v) is 15.2. The highest BCUT2D eigenvalue weighted by atomic mass is 19.2. The monoisotopic (exact) mass is 508 g/mol. The van der Waals surface area contributed by atoms with E-state index in [0.717, 1.165) is 61.3 Å². The average molecular weight is 509 g/mol. The third kappa shape index (κ3) is 7.02. The lowest BCUT2D eigenvalue weighted by molar-refractivity contribution is 0.149. The lowest BCUT2D eigenvalue weighted by Gasteiger charge is -2.37. The summed E-state index contributed by atoms with van der Waals surface area (Å²) in [6.45, 7) is 4.31. The third-order valence-corrected chi connectivity index (χ3v) is 9.96. The summed E-state index contributed by atoms with van der Waals surface area (Å²) < 4.78 is 34.3. The molecule has 3 heteroatoms. The van der Waals surface area contributed by atoms with Crippen molar-refractivity contribution in [2.75, 3.05) is 6.61 Å². The van der Waals surface area contributed by atoms with Crippen LogP contribution in [0.5, 0.6) is 0 Å². The van der Waals surface area contributed by atoms with Crippen LogP contribution in [-0.4, -0.2) is 6.61 Å². The molecule has 1 aromatic carbocycles. The summed E-state index contributed by atoms with van der Waals surface area (Å²) in [6.07, 6.45) is 28.0. The number of unbranched alkanes of at least 4 members (excludes halogenated alkanes) is 1. The number of allylic oxidation sites excluding steroid dienone is 5. The van der Waals surface area contributed by atoms with Crippen molar-refractivity contribution in [2.45, 2.75) is 102 Å². The van der Waals surface area contributed by atoms with E-state index in [4.69, 9.17) is 4.74 Å². The topological polar surface area (TPSA) is 12.5 Å². The van der Waals surface area contributed by atoms with Gasteiger partial charge in [0, 0.05) is 11.1 Å². The molecular weight excluding hydrogens is 462 g/mol. The average Bonchev–Trinajstić information content (AvgIpc) is 3.78. The predicted molar refractivity (Wildman–Crippen MR) is 149 cm³/mol. The SMILES string of the molecule is C=CCC/C=C/C1CCC(C2CCC(CCC3CC=C(c4ccc(C5CO5)c(F)c4F)CC3)CC2)CC1. The van der Waals surface area contributed by atoms with Crippen LogP contribution in [0.3, 0.4) is 0 Å². The standard InChI is InChI=1S/C34H46F2O/c1-2-3-4-5-6-24-9-15-27(16-10-24)28-17-11-25(12-18-28)7-8-26-13-19-29(20-14-26)30-21-22-31(32-23-37-32)34(36)33(30)35/h2,5-6,19,21-22,24-28,32H,1,3-4,7-18,20,23H2/b6-5+. The van der Waals surface area contributed by atoms with Gasteiger partial charge in [0.1, 0.15) is 6.10 Å². The number of epoxide rings is 1. The van der Waals surface area contributed by atoms with Gasteiger partial charge in [0.05, 0.1) is 6.61 Å². The molecule has 3 fully saturated rings. The molecule has 3 aliphatic carbocycles. The Morgan fingerprint density at radius 1 is 0.838 bits per heavy atom. The van der Waals surface area contributed by atoms with Gasteiger partial charge in [-0.25, -0.2) is 8.78 Å². The highest BCUT2D eigenvalue weighted by Crippen LogP contribution is 2.44. The van der Waals surface area contributed by atoms with Crippen molar-refractivity contribution in [3.63, 3.8) is 0 Å². The molecule has 0 aromatic heterocycles. The fourth-order valence-electron chi connectivity index (χ4n) is 7.42. The summed E-state index contributed by atoms with van der Waals surface area (Å²) in [5.74, 6) is 2.94. The van der Waals surface area contributed by atoms with E-state index >= 15 is 0 Å². The molecule has 0 bridgehead atoms. The minimum atomic E-state index is -0.720. The molecule has 0 radical (unpaired) electrons. The molecule has 1 aliphatic heterocycles. The normalized spacial score (nSPS) is 32.3. The van der Waals surface area contributed by atoms with Crippen LogP contribution in [0.1, 0.15) is 114 Å². The van der Waals surface area contributed by atoms with Gasteiger partial charge >= 0.3 is 0 Å². The first kappa shape index (κ1) is 26.9. The molecule has 5 rings (SSSR count). The highest BCUT2D eigenvalue weighted by molar-refractivity contribution is 5.67. The van der Waals surface area contributed by atoms with Gasteiger partial charge in [-0.05, 0) is 112 Å². The second-order valence-electron chi connectivity index (χ2n) is 12.3. The fourth-order valence-corrected chi connectivity index (χ4v) is 7.42. The van der Waals surface area contributed by atoms with Crippen LogP contribution in [0.2, 0.25) is 0 Å². The van der Waals surface area contributed by atoms with Gasteiger partial charge in [0.2, 0.25) is 0 Å². The molecule has 1 saturated heterocycles. The van der Waals surface area contributed by atoms with Crippen molar-refractivity contribution in [3.8, 4) is 0 Å². The van der Waals surface area contributed by atoms with Gasteiger partial charge in [-0.2, -0.15) is 0 Å². The minimum Gasteiger partial charge on any atom is -0.368 e. The van der Waals surface area contributed by atoms with Crippen molar-refractivity contribution >= 4 is 5.57 Å². The summed E-state index contributed by atoms with van der Waals surface area (Å²) >= 11 is 0. The minimum absolute atomic E-state index is 0.252. The molecule has 1 heterocycles. The van der Waals surface area contributed by atoms with Gasteiger partial charge in [-0.1, -0.05) is 55.7 Å². The van der Waals surface area contributed by atoms with Crippen LogP contribution in [0, 0.1) is 41.2 Å². The quantitative estimate of drug-likeness (QED) is 0.174. The molecule has 37 heavy (non-hydrogen) atoms. The van der Waals surface area contributed by atoms with E-state index in [2.05, 4.69) is 24.8 Å². The summed E-state index contributed by atoms with van der Waals surface area (Å²) in [4.78, 5) is 0. The molecule has 0 N–H and O–H groups in total. The van der Waals surface area contributed by atoms with E-state index in [1.54, 1.807) is 12.1 Å². The molecule has 2 saturated carbocycles. The predicted octanol–water partition coefficient (Wildman–Crippen LogP) is 10.1. The molecular formula is C34H46F2O. The summed E-state index contributed by atoms with van der Waals surface area (Å²) in [7, 11) is 0. The molecule has 4 aliphatic rings. The Labute approximate surface area is 223 Å².